The van der Waals surface area contributed by atoms with Crippen LogP contribution in [0.4, 0.5) is 11.5 Å². The summed E-state index contributed by atoms with van der Waals surface area (Å²) < 4.78 is 0. The molecular weight excluding hydrogens is 132 g/mol. The number of rotatable bonds is 0. The van der Waals surface area contributed by atoms with Crippen molar-refractivity contribution in [3.8, 4) is 0 Å². The molecule has 1 heterocycles. The Kier molecular flexibility index (Phi) is 1.33. The fourth-order valence-electron chi connectivity index (χ4n) is 0.563. The smallest absolute Gasteiger partial charge is 0.246 e. The third-order valence-electron chi connectivity index (χ3n) is 1.23. The molecule has 0 saturated heterocycles. The largest absolute Gasteiger partial charge is 0.394 e. The molecule has 0 aromatic carbocycles. The van der Waals surface area contributed by atoms with Crippen LogP contribution in [0.5, 0.6) is 0 Å². The minimum atomic E-state index is -0.406. The van der Waals surface area contributed by atoms with Crippen LogP contribution in [0.25, 0.3) is 0 Å². The van der Waals surface area contributed by atoms with Gasteiger partial charge in [-0.3, -0.25) is 9.89 Å². The monoisotopic (exact) mass is 140 g/mol. The van der Waals surface area contributed by atoms with Crippen molar-refractivity contribution in [2.24, 2.45) is 0 Å². The molecule has 0 fully saturated rings. The quantitative estimate of drug-likeness (QED) is 0.441. The molecule has 0 spiro atoms. The van der Waals surface area contributed by atoms with E-state index in [0.29, 0.717) is 5.69 Å². The Morgan fingerprint density at radius 2 is 2.10 bits per heavy atom. The standard InChI is InChI=1S/C5H8N4O/c1-2-3(6)4(10)5(7)9-8-2/h1H3,(H,8,10)(H4,6,7,9). The Hall–Kier alpha value is -1.52. The van der Waals surface area contributed by atoms with Crippen molar-refractivity contribution in [1.82, 2.24) is 10.2 Å². The summed E-state index contributed by atoms with van der Waals surface area (Å²) in [6.07, 6.45) is 0. The van der Waals surface area contributed by atoms with Gasteiger partial charge in [-0.25, -0.2) is 0 Å². The van der Waals surface area contributed by atoms with E-state index in [0.717, 1.165) is 0 Å². The normalized spacial score (nSPS) is 9.70. The summed E-state index contributed by atoms with van der Waals surface area (Å²) in [6.45, 7) is 1.66. The summed E-state index contributed by atoms with van der Waals surface area (Å²) in [5, 5.41) is 6.01. The SMILES string of the molecule is Cc1[nH]nc(N)c(=O)c1N. The van der Waals surface area contributed by atoms with E-state index in [1.165, 1.54) is 0 Å². The number of H-pyrrole nitrogens is 1. The number of hydrogen-bond donors (Lipinski definition) is 3. The van der Waals surface area contributed by atoms with Gasteiger partial charge >= 0.3 is 0 Å². The second kappa shape index (κ2) is 2.02. The number of aromatic amines is 1. The van der Waals surface area contributed by atoms with Gasteiger partial charge < -0.3 is 11.5 Å². The van der Waals surface area contributed by atoms with E-state index in [4.69, 9.17) is 11.5 Å². The van der Waals surface area contributed by atoms with Crippen LogP contribution >= 0.6 is 0 Å². The lowest BCUT2D eigenvalue weighted by Crippen LogP contribution is -2.17. The number of nitrogen functional groups attached to an aromatic ring is 2. The first-order valence-corrected chi connectivity index (χ1v) is 2.73. The Morgan fingerprint density at radius 1 is 1.50 bits per heavy atom. The number of nitrogens with two attached hydrogens (primary N) is 2. The van der Waals surface area contributed by atoms with Crippen molar-refractivity contribution < 1.29 is 0 Å². The van der Waals surface area contributed by atoms with Gasteiger partial charge in [0.2, 0.25) is 5.43 Å². The first-order chi connectivity index (χ1) is 4.63. The summed E-state index contributed by atoms with van der Waals surface area (Å²) in [6, 6.07) is 0. The van der Waals surface area contributed by atoms with Crippen LogP contribution in [0, 0.1) is 6.92 Å². The zero-order chi connectivity index (χ0) is 7.72. The summed E-state index contributed by atoms with van der Waals surface area (Å²) in [4.78, 5) is 10.9. The zero-order valence-corrected chi connectivity index (χ0v) is 5.51. The molecule has 5 nitrogen and oxygen atoms in total. The Labute approximate surface area is 57.0 Å². The van der Waals surface area contributed by atoms with Gasteiger partial charge in [-0.1, -0.05) is 0 Å². The van der Waals surface area contributed by atoms with Crippen molar-refractivity contribution in [3.05, 3.63) is 15.9 Å². The van der Waals surface area contributed by atoms with Gasteiger partial charge in [-0.05, 0) is 6.92 Å². The highest BCUT2D eigenvalue weighted by Crippen LogP contribution is 1.98. The molecule has 0 atom stereocenters. The third-order valence-corrected chi connectivity index (χ3v) is 1.23. The van der Waals surface area contributed by atoms with Crippen LogP contribution in [-0.4, -0.2) is 10.2 Å². The number of hydrogen-bond acceptors (Lipinski definition) is 4. The molecule has 0 aliphatic carbocycles. The molecule has 1 aromatic rings. The molecule has 0 saturated carbocycles. The average molecular weight is 140 g/mol. The molecular formula is C5H8N4O. The summed E-state index contributed by atoms with van der Waals surface area (Å²) in [5.41, 5.74) is 10.7. The molecule has 5 heteroatoms. The highest BCUT2D eigenvalue weighted by atomic mass is 16.1. The lowest BCUT2D eigenvalue weighted by molar-refractivity contribution is 0.985. The van der Waals surface area contributed by atoms with Gasteiger partial charge in [-0.2, -0.15) is 5.10 Å². The minimum Gasteiger partial charge on any atom is -0.394 e. The van der Waals surface area contributed by atoms with E-state index in [-0.39, 0.29) is 11.5 Å². The zero-order valence-electron chi connectivity index (χ0n) is 5.51. The Bertz CT molecular complexity index is 303. The molecule has 0 radical (unpaired) electrons. The lowest BCUT2D eigenvalue weighted by atomic mass is 10.3. The lowest BCUT2D eigenvalue weighted by Gasteiger charge is -1.97. The van der Waals surface area contributed by atoms with Gasteiger partial charge in [0.05, 0.1) is 5.69 Å². The van der Waals surface area contributed by atoms with Gasteiger partial charge in [0.1, 0.15) is 5.69 Å². The van der Waals surface area contributed by atoms with E-state index in [1.807, 2.05) is 0 Å². The predicted octanol–water partition coefficient (Wildman–Crippen LogP) is -0.757. The second-order valence-corrected chi connectivity index (χ2v) is 1.98. The maximum atomic E-state index is 10.9. The molecule has 5 N–H and O–H groups in total. The molecule has 1 rings (SSSR count). The molecule has 0 bridgehead atoms. The summed E-state index contributed by atoms with van der Waals surface area (Å²) in [5.74, 6) is -0.0944. The molecule has 1 aromatic heterocycles. The van der Waals surface area contributed by atoms with Crippen LogP contribution < -0.4 is 16.9 Å². The first kappa shape index (κ1) is 6.60. The fraction of sp³-hybridized carbons (Fsp3) is 0.200. The van der Waals surface area contributed by atoms with Crippen molar-refractivity contribution >= 4 is 11.5 Å². The van der Waals surface area contributed by atoms with Crippen LogP contribution in [0.3, 0.4) is 0 Å². The fourth-order valence-corrected chi connectivity index (χ4v) is 0.563. The number of aryl methyl sites for hydroxylation is 1. The van der Waals surface area contributed by atoms with Crippen LogP contribution in [0.2, 0.25) is 0 Å². The maximum Gasteiger partial charge on any atom is 0.246 e. The number of nitrogens with one attached hydrogen (secondary N) is 1. The molecule has 0 aliphatic heterocycles. The van der Waals surface area contributed by atoms with Crippen molar-refractivity contribution in [3.63, 3.8) is 0 Å². The molecule has 0 aliphatic rings. The van der Waals surface area contributed by atoms with Gasteiger partial charge in [0.25, 0.3) is 0 Å². The van der Waals surface area contributed by atoms with Crippen molar-refractivity contribution in [2.75, 3.05) is 11.5 Å². The van der Waals surface area contributed by atoms with Gasteiger partial charge in [-0.15, -0.1) is 0 Å². The minimum absolute atomic E-state index is 0.0944. The summed E-state index contributed by atoms with van der Waals surface area (Å²) in [7, 11) is 0. The van der Waals surface area contributed by atoms with E-state index < -0.39 is 5.43 Å². The number of aromatic nitrogens is 2. The van der Waals surface area contributed by atoms with Crippen LogP contribution in [0.15, 0.2) is 4.79 Å². The Morgan fingerprint density at radius 3 is 2.60 bits per heavy atom. The molecule has 0 unspecified atom stereocenters. The first-order valence-electron chi connectivity index (χ1n) is 2.73. The Balaban J connectivity index is 3.50. The maximum absolute atomic E-state index is 10.9. The van der Waals surface area contributed by atoms with E-state index in [2.05, 4.69) is 10.2 Å². The van der Waals surface area contributed by atoms with E-state index in [9.17, 15) is 4.79 Å². The molecule has 10 heavy (non-hydrogen) atoms. The van der Waals surface area contributed by atoms with Gasteiger partial charge in [0.15, 0.2) is 5.82 Å². The highest BCUT2D eigenvalue weighted by molar-refractivity contribution is 5.48. The van der Waals surface area contributed by atoms with E-state index >= 15 is 0 Å². The molecule has 0 amide bonds. The van der Waals surface area contributed by atoms with Crippen LogP contribution in [-0.2, 0) is 0 Å². The van der Waals surface area contributed by atoms with Crippen molar-refractivity contribution in [1.29, 1.82) is 0 Å². The average Bonchev–Trinajstić information content (AvgIpc) is 1.93. The number of anilines is 2. The van der Waals surface area contributed by atoms with Gasteiger partial charge in [0, 0.05) is 0 Å². The number of nitrogens with zero attached hydrogens (tertiary/aromatic N) is 1. The topological polar surface area (TPSA) is 97.8 Å². The van der Waals surface area contributed by atoms with Crippen LogP contribution in [0.1, 0.15) is 5.69 Å². The second-order valence-electron chi connectivity index (χ2n) is 1.98. The highest BCUT2D eigenvalue weighted by Gasteiger charge is 2.01. The summed E-state index contributed by atoms with van der Waals surface area (Å²) >= 11 is 0. The van der Waals surface area contributed by atoms with Crippen molar-refractivity contribution in [2.45, 2.75) is 6.92 Å². The molecule has 54 valence electrons. The predicted molar refractivity (Wildman–Crippen MR) is 38.4 cm³/mol. The van der Waals surface area contributed by atoms with E-state index in [1.54, 1.807) is 6.92 Å². The third kappa shape index (κ3) is 0.812.